The van der Waals surface area contributed by atoms with Crippen molar-refractivity contribution in [1.29, 1.82) is 0 Å². The lowest BCUT2D eigenvalue weighted by atomic mass is 10.1. The lowest BCUT2D eigenvalue weighted by Gasteiger charge is -2.09. The number of aromatic carboxylic acids is 1. The fourth-order valence-corrected chi connectivity index (χ4v) is 3.71. The molecule has 1 N–H and O–H groups in total. The SMILES string of the molecule is O=C(O)c1ccc(COc2ccc(C=C3C(=O)c4ccccc4C3=O)cc2Br)cc1. The van der Waals surface area contributed by atoms with Crippen LogP contribution in [0.15, 0.2) is 76.8 Å². The van der Waals surface area contributed by atoms with Crippen molar-refractivity contribution in [3.05, 3.63) is 105 Å². The summed E-state index contributed by atoms with van der Waals surface area (Å²) in [6, 6.07) is 18.5. The van der Waals surface area contributed by atoms with Gasteiger partial charge in [0.25, 0.3) is 0 Å². The number of allylic oxidation sites excluding steroid dienone is 1. The van der Waals surface area contributed by atoms with Crippen LogP contribution in [0.2, 0.25) is 0 Å². The monoisotopic (exact) mass is 462 g/mol. The minimum Gasteiger partial charge on any atom is -0.488 e. The highest BCUT2D eigenvalue weighted by Gasteiger charge is 2.32. The van der Waals surface area contributed by atoms with Crippen molar-refractivity contribution in [3.63, 3.8) is 0 Å². The molecule has 0 saturated heterocycles. The van der Waals surface area contributed by atoms with Gasteiger partial charge in [-0.25, -0.2) is 4.79 Å². The molecule has 148 valence electrons. The Morgan fingerprint density at radius 2 is 1.57 bits per heavy atom. The van der Waals surface area contributed by atoms with E-state index < -0.39 is 5.97 Å². The van der Waals surface area contributed by atoms with Gasteiger partial charge in [0.15, 0.2) is 11.6 Å². The van der Waals surface area contributed by atoms with Crippen LogP contribution in [0.25, 0.3) is 6.08 Å². The van der Waals surface area contributed by atoms with E-state index in [2.05, 4.69) is 15.9 Å². The van der Waals surface area contributed by atoms with E-state index >= 15 is 0 Å². The molecular formula is C24H15BrO5. The molecule has 0 aromatic heterocycles. The van der Waals surface area contributed by atoms with Gasteiger partial charge in [-0.05, 0) is 57.4 Å². The lowest BCUT2D eigenvalue weighted by Crippen LogP contribution is -2.01. The molecule has 0 aliphatic heterocycles. The van der Waals surface area contributed by atoms with Gasteiger partial charge in [-0.2, -0.15) is 0 Å². The fourth-order valence-electron chi connectivity index (χ4n) is 3.20. The van der Waals surface area contributed by atoms with Crippen LogP contribution in [0.5, 0.6) is 5.75 Å². The number of carbonyl (C=O) groups is 3. The molecule has 3 aromatic carbocycles. The number of carbonyl (C=O) groups excluding carboxylic acids is 2. The van der Waals surface area contributed by atoms with Gasteiger partial charge in [-0.1, -0.05) is 42.5 Å². The van der Waals surface area contributed by atoms with Crippen LogP contribution in [0.1, 0.15) is 42.2 Å². The number of hydrogen-bond acceptors (Lipinski definition) is 4. The highest BCUT2D eigenvalue weighted by atomic mass is 79.9. The maximum absolute atomic E-state index is 12.5. The first-order valence-corrected chi connectivity index (χ1v) is 9.88. The molecule has 30 heavy (non-hydrogen) atoms. The Bertz CT molecular complexity index is 1170. The van der Waals surface area contributed by atoms with E-state index in [4.69, 9.17) is 9.84 Å². The summed E-state index contributed by atoms with van der Waals surface area (Å²) in [6.45, 7) is 0.269. The van der Waals surface area contributed by atoms with Crippen LogP contribution in [0.4, 0.5) is 0 Å². The maximum Gasteiger partial charge on any atom is 0.335 e. The number of Topliss-reactive ketones (excluding diaryl/α,β-unsaturated/α-hetero) is 2. The first-order valence-electron chi connectivity index (χ1n) is 9.09. The molecule has 4 rings (SSSR count). The molecule has 0 unspecified atom stereocenters. The summed E-state index contributed by atoms with van der Waals surface area (Å²) in [4.78, 5) is 36.0. The van der Waals surface area contributed by atoms with Crippen LogP contribution in [-0.4, -0.2) is 22.6 Å². The number of hydrogen-bond donors (Lipinski definition) is 1. The van der Waals surface area contributed by atoms with Gasteiger partial charge < -0.3 is 9.84 Å². The summed E-state index contributed by atoms with van der Waals surface area (Å²) < 4.78 is 6.47. The van der Waals surface area contributed by atoms with Gasteiger partial charge in [0, 0.05) is 11.1 Å². The van der Waals surface area contributed by atoms with Gasteiger partial charge in [-0.15, -0.1) is 0 Å². The van der Waals surface area contributed by atoms with Gasteiger partial charge in [0.2, 0.25) is 0 Å². The quantitative estimate of drug-likeness (QED) is 0.416. The zero-order valence-electron chi connectivity index (χ0n) is 15.6. The minimum atomic E-state index is -0.975. The molecule has 1 aliphatic rings. The first-order chi connectivity index (χ1) is 14.4. The van der Waals surface area contributed by atoms with Gasteiger partial charge in [0.05, 0.1) is 15.6 Å². The Balaban J connectivity index is 1.50. The predicted molar refractivity (Wildman–Crippen MR) is 115 cm³/mol. The van der Waals surface area contributed by atoms with Crippen molar-refractivity contribution in [3.8, 4) is 5.75 Å². The number of fused-ring (bicyclic) bond motifs is 1. The zero-order chi connectivity index (χ0) is 21.3. The summed E-state index contributed by atoms with van der Waals surface area (Å²) in [5, 5.41) is 8.95. The number of ketones is 2. The number of ether oxygens (including phenoxy) is 1. The van der Waals surface area contributed by atoms with Gasteiger partial charge in [-0.3, -0.25) is 9.59 Å². The highest BCUT2D eigenvalue weighted by molar-refractivity contribution is 9.10. The second-order valence-electron chi connectivity index (χ2n) is 6.74. The molecule has 0 spiro atoms. The average Bonchev–Trinajstić information content (AvgIpc) is 2.98. The molecule has 6 heteroatoms. The smallest absolute Gasteiger partial charge is 0.335 e. The molecule has 0 amide bonds. The number of rotatable bonds is 5. The van der Waals surface area contributed by atoms with Gasteiger partial charge >= 0.3 is 5.97 Å². The topological polar surface area (TPSA) is 80.7 Å². The summed E-state index contributed by atoms with van der Waals surface area (Å²) in [6.07, 6.45) is 1.59. The van der Waals surface area contributed by atoms with Crippen LogP contribution in [0, 0.1) is 0 Å². The Morgan fingerprint density at radius 1 is 0.933 bits per heavy atom. The highest BCUT2D eigenvalue weighted by Crippen LogP contribution is 2.31. The Morgan fingerprint density at radius 3 is 2.13 bits per heavy atom. The molecule has 3 aromatic rings. The summed E-state index contributed by atoms with van der Waals surface area (Å²) in [5.41, 5.74) is 2.76. The summed E-state index contributed by atoms with van der Waals surface area (Å²) in [7, 11) is 0. The zero-order valence-corrected chi connectivity index (χ0v) is 17.2. The van der Waals surface area contributed by atoms with Crippen LogP contribution < -0.4 is 4.74 Å². The van der Waals surface area contributed by atoms with E-state index in [1.807, 2.05) is 0 Å². The van der Waals surface area contributed by atoms with Crippen LogP contribution >= 0.6 is 15.9 Å². The normalized spacial score (nSPS) is 12.6. The lowest BCUT2D eigenvalue weighted by molar-refractivity contribution is 0.0696. The van der Waals surface area contributed by atoms with E-state index in [1.165, 1.54) is 12.1 Å². The molecule has 0 saturated carbocycles. The molecule has 0 radical (unpaired) electrons. The molecule has 0 heterocycles. The van der Waals surface area contributed by atoms with Crippen molar-refractivity contribution in [2.24, 2.45) is 0 Å². The summed E-state index contributed by atoms with van der Waals surface area (Å²) in [5.74, 6) is -0.919. The van der Waals surface area contributed by atoms with Crippen LogP contribution in [0.3, 0.4) is 0 Å². The largest absolute Gasteiger partial charge is 0.488 e. The van der Waals surface area contributed by atoms with Crippen molar-refractivity contribution in [1.82, 2.24) is 0 Å². The predicted octanol–water partition coefficient (Wildman–Crippen LogP) is 5.19. The summed E-state index contributed by atoms with van der Waals surface area (Å²) >= 11 is 3.46. The Hall–Kier alpha value is -3.51. The van der Waals surface area contributed by atoms with E-state index in [-0.39, 0.29) is 29.3 Å². The first kappa shape index (κ1) is 19.8. The van der Waals surface area contributed by atoms with E-state index in [1.54, 1.807) is 60.7 Å². The fraction of sp³-hybridized carbons (Fsp3) is 0.0417. The maximum atomic E-state index is 12.5. The van der Waals surface area contributed by atoms with E-state index in [9.17, 15) is 14.4 Å². The Labute approximate surface area is 180 Å². The van der Waals surface area contributed by atoms with Crippen molar-refractivity contribution in [2.75, 3.05) is 0 Å². The van der Waals surface area contributed by atoms with Gasteiger partial charge in [0.1, 0.15) is 12.4 Å². The second-order valence-corrected chi connectivity index (χ2v) is 7.60. The van der Waals surface area contributed by atoms with E-state index in [0.717, 1.165) is 5.56 Å². The number of carboxylic acid groups (broad SMARTS) is 1. The van der Waals surface area contributed by atoms with Crippen LogP contribution in [-0.2, 0) is 6.61 Å². The molecule has 0 fully saturated rings. The van der Waals surface area contributed by atoms with Crippen molar-refractivity contribution >= 4 is 39.5 Å². The number of halogens is 1. The minimum absolute atomic E-state index is 0.148. The third kappa shape index (κ3) is 3.82. The standard InChI is InChI=1S/C24H15BrO5/c25-20-12-15(11-19-22(26)17-3-1-2-4-18(17)23(19)27)7-10-21(20)30-13-14-5-8-16(9-6-14)24(28)29/h1-12H,13H2,(H,28,29). The second kappa shape index (κ2) is 8.08. The van der Waals surface area contributed by atoms with Crippen molar-refractivity contribution in [2.45, 2.75) is 6.61 Å². The van der Waals surface area contributed by atoms with E-state index in [0.29, 0.717) is 26.9 Å². The average molecular weight is 463 g/mol. The van der Waals surface area contributed by atoms with Crippen molar-refractivity contribution < 1.29 is 24.2 Å². The molecule has 0 atom stereocenters. The number of carboxylic acids is 1. The third-order valence-corrected chi connectivity index (χ3v) is 5.39. The molecule has 1 aliphatic carbocycles. The molecular weight excluding hydrogens is 448 g/mol. The molecule has 0 bridgehead atoms. The number of benzene rings is 3. The molecule has 5 nitrogen and oxygen atoms in total. The third-order valence-electron chi connectivity index (χ3n) is 4.77. The Kier molecular flexibility index (Phi) is 5.33.